The van der Waals surface area contributed by atoms with Crippen molar-refractivity contribution in [2.75, 3.05) is 32.7 Å². The highest BCUT2D eigenvalue weighted by molar-refractivity contribution is 7.12. The van der Waals surface area contributed by atoms with Crippen molar-refractivity contribution in [2.45, 2.75) is 12.8 Å². The number of rotatable bonds is 4. The van der Waals surface area contributed by atoms with Gasteiger partial charge in [-0.2, -0.15) is 0 Å². The van der Waals surface area contributed by atoms with Crippen LogP contribution in [0.25, 0.3) is 0 Å². The van der Waals surface area contributed by atoms with Gasteiger partial charge in [-0.1, -0.05) is 12.1 Å². The lowest BCUT2D eigenvalue weighted by molar-refractivity contribution is 0.0766. The molecule has 2 aromatic rings. The maximum Gasteiger partial charge on any atom is 0.263 e. The van der Waals surface area contributed by atoms with Crippen LogP contribution in [-0.2, 0) is 6.42 Å². The summed E-state index contributed by atoms with van der Waals surface area (Å²) in [6.45, 7) is 4.69. The average molecular weight is 315 g/mol. The summed E-state index contributed by atoms with van der Waals surface area (Å²) in [7, 11) is 0. The van der Waals surface area contributed by atoms with E-state index in [0.29, 0.717) is 0 Å². The lowest BCUT2D eigenvalue weighted by Crippen LogP contribution is -2.35. The fraction of sp³-hybridized carbons (Fsp3) is 0.412. The minimum atomic E-state index is 0.182. The molecule has 0 spiro atoms. The Morgan fingerprint density at radius 2 is 2.09 bits per heavy atom. The second-order valence-electron chi connectivity index (χ2n) is 5.54. The Hall–Kier alpha value is -1.72. The van der Waals surface area contributed by atoms with Gasteiger partial charge in [-0.15, -0.1) is 11.3 Å². The van der Waals surface area contributed by atoms with Crippen molar-refractivity contribution < 1.29 is 4.79 Å². The number of nitrogens with zero attached hydrogens (tertiary/aromatic N) is 3. The van der Waals surface area contributed by atoms with E-state index in [1.54, 1.807) is 0 Å². The van der Waals surface area contributed by atoms with Gasteiger partial charge in [-0.25, -0.2) is 0 Å². The van der Waals surface area contributed by atoms with Crippen molar-refractivity contribution in [2.24, 2.45) is 0 Å². The van der Waals surface area contributed by atoms with Crippen LogP contribution < -0.4 is 0 Å². The molecule has 2 aromatic heterocycles. The number of carbonyl (C=O) groups excluding carboxylic acids is 1. The smallest absolute Gasteiger partial charge is 0.263 e. The topological polar surface area (TPSA) is 36.4 Å². The van der Waals surface area contributed by atoms with Gasteiger partial charge >= 0.3 is 0 Å². The number of hydrogen-bond donors (Lipinski definition) is 0. The monoisotopic (exact) mass is 315 g/mol. The van der Waals surface area contributed by atoms with E-state index in [0.717, 1.165) is 56.1 Å². The summed E-state index contributed by atoms with van der Waals surface area (Å²) in [4.78, 5) is 22.1. The van der Waals surface area contributed by atoms with E-state index >= 15 is 0 Å². The third-order valence-corrected chi connectivity index (χ3v) is 4.88. The van der Waals surface area contributed by atoms with Gasteiger partial charge < -0.3 is 9.80 Å². The van der Waals surface area contributed by atoms with Crippen molar-refractivity contribution >= 4 is 17.2 Å². The molecule has 0 saturated carbocycles. The third-order valence-electron chi connectivity index (χ3n) is 4.02. The Morgan fingerprint density at radius 3 is 2.86 bits per heavy atom. The molecule has 0 atom stereocenters. The number of hydrogen-bond acceptors (Lipinski definition) is 4. The molecule has 0 aliphatic carbocycles. The standard InChI is InChI=1S/C17H21N3OS/c21-17(16-6-3-14-22-16)20-10-4-9-19(12-13-20)11-7-15-5-1-2-8-18-15/h1-3,5-6,8,14H,4,7,9-13H2. The molecular formula is C17H21N3OS. The molecule has 1 aliphatic rings. The van der Waals surface area contributed by atoms with Crippen LogP contribution >= 0.6 is 11.3 Å². The third kappa shape index (κ3) is 3.93. The molecule has 1 fully saturated rings. The van der Waals surface area contributed by atoms with Gasteiger partial charge in [-0.3, -0.25) is 9.78 Å². The maximum absolute atomic E-state index is 12.4. The highest BCUT2D eigenvalue weighted by atomic mass is 32.1. The number of aromatic nitrogens is 1. The number of carbonyl (C=O) groups is 1. The highest BCUT2D eigenvalue weighted by Gasteiger charge is 2.20. The van der Waals surface area contributed by atoms with Gasteiger partial charge in [0.25, 0.3) is 5.91 Å². The first-order valence-electron chi connectivity index (χ1n) is 7.78. The highest BCUT2D eigenvalue weighted by Crippen LogP contribution is 2.14. The summed E-state index contributed by atoms with van der Waals surface area (Å²) in [5.74, 6) is 0.182. The first kappa shape index (κ1) is 15.2. The number of thiophene rings is 1. The Kier molecular flexibility index (Phi) is 5.19. The summed E-state index contributed by atoms with van der Waals surface area (Å²) in [5, 5.41) is 1.96. The van der Waals surface area contributed by atoms with Crippen LogP contribution in [0, 0.1) is 0 Å². The molecule has 1 saturated heterocycles. The zero-order valence-electron chi connectivity index (χ0n) is 12.6. The van der Waals surface area contributed by atoms with Crippen LogP contribution in [0.3, 0.4) is 0 Å². The van der Waals surface area contributed by atoms with E-state index in [2.05, 4.69) is 16.0 Å². The van der Waals surface area contributed by atoms with E-state index in [-0.39, 0.29) is 5.91 Å². The summed E-state index contributed by atoms with van der Waals surface area (Å²) in [6.07, 6.45) is 3.86. The maximum atomic E-state index is 12.4. The second kappa shape index (κ2) is 7.51. The molecule has 3 rings (SSSR count). The summed E-state index contributed by atoms with van der Waals surface area (Å²) < 4.78 is 0. The molecule has 22 heavy (non-hydrogen) atoms. The van der Waals surface area contributed by atoms with Crippen molar-refractivity contribution in [3.63, 3.8) is 0 Å². The average Bonchev–Trinajstić information content (AvgIpc) is 2.99. The SMILES string of the molecule is O=C(c1cccs1)N1CCCN(CCc2ccccn2)CC1. The molecule has 0 bridgehead atoms. The Morgan fingerprint density at radius 1 is 1.14 bits per heavy atom. The fourth-order valence-electron chi connectivity index (χ4n) is 2.77. The lowest BCUT2D eigenvalue weighted by atomic mass is 10.2. The minimum Gasteiger partial charge on any atom is -0.337 e. The molecule has 5 heteroatoms. The number of pyridine rings is 1. The molecule has 1 amide bonds. The van der Waals surface area contributed by atoms with Crippen LogP contribution in [0.15, 0.2) is 41.9 Å². The summed E-state index contributed by atoms with van der Waals surface area (Å²) in [6, 6.07) is 9.91. The molecule has 0 unspecified atom stereocenters. The van der Waals surface area contributed by atoms with Gasteiger partial charge in [0.15, 0.2) is 0 Å². The minimum absolute atomic E-state index is 0.182. The molecule has 0 radical (unpaired) electrons. The van der Waals surface area contributed by atoms with E-state index < -0.39 is 0 Å². The van der Waals surface area contributed by atoms with Gasteiger partial charge in [-0.05, 0) is 36.5 Å². The van der Waals surface area contributed by atoms with Crippen LogP contribution in [0.2, 0.25) is 0 Å². The van der Waals surface area contributed by atoms with E-state index in [1.165, 1.54) is 11.3 Å². The first-order chi connectivity index (χ1) is 10.8. The largest absolute Gasteiger partial charge is 0.337 e. The summed E-state index contributed by atoms with van der Waals surface area (Å²) >= 11 is 1.53. The van der Waals surface area contributed by atoms with Crippen molar-refractivity contribution in [1.29, 1.82) is 0 Å². The van der Waals surface area contributed by atoms with Gasteiger partial charge in [0.2, 0.25) is 0 Å². The van der Waals surface area contributed by atoms with E-state index in [1.807, 2.05) is 40.7 Å². The van der Waals surface area contributed by atoms with Gasteiger partial charge in [0.1, 0.15) is 0 Å². The molecule has 3 heterocycles. The van der Waals surface area contributed by atoms with Gasteiger partial charge in [0, 0.05) is 44.5 Å². The van der Waals surface area contributed by atoms with E-state index in [4.69, 9.17) is 0 Å². The Labute approximate surface area is 135 Å². The zero-order valence-corrected chi connectivity index (χ0v) is 13.5. The molecule has 1 aliphatic heterocycles. The van der Waals surface area contributed by atoms with Crippen LogP contribution in [0.1, 0.15) is 21.8 Å². The van der Waals surface area contributed by atoms with Crippen molar-refractivity contribution in [3.8, 4) is 0 Å². The quantitative estimate of drug-likeness (QED) is 0.870. The first-order valence-corrected chi connectivity index (χ1v) is 8.66. The van der Waals surface area contributed by atoms with Crippen LogP contribution in [0.5, 0.6) is 0 Å². The molecule has 0 N–H and O–H groups in total. The molecule has 4 nitrogen and oxygen atoms in total. The zero-order chi connectivity index (χ0) is 15.2. The predicted octanol–water partition coefficient (Wildman–Crippen LogP) is 2.53. The Bertz CT molecular complexity index is 585. The molecule has 0 aromatic carbocycles. The number of amides is 1. The van der Waals surface area contributed by atoms with Crippen LogP contribution in [-0.4, -0.2) is 53.4 Å². The predicted molar refractivity (Wildman–Crippen MR) is 89.2 cm³/mol. The fourth-order valence-corrected chi connectivity index (χ4v) is 3.46. The Balaban J connectivity index is 1.50. The van der Waals surface area contributed by atoms with Crippen LogP contribution in [0.4, 0.5) is 0 Å². The molecular weight excluding hydrogens is 294 g/mol. The normalized spacial score (nSPS) is 16.5. The van der Waals surface area contributed by atoms with Gasteiger partial charge in [0.05, 0.1) is 4.88 Å². The lowest BCUT2D eigenvalue weighted by Gasteiger charge is -2.21. The second-order valence-corrected chi connectivity index (χ2v) is 6.48. The van der Waals surface area contributed by atoms with E-state index in [9.17, 15) is 4.79 Å². The summed E-state index contributed by atoms with van der Waals surface area (Å²) in [5.41, 5.74) is 1.14. The molecule has 116 valence electrons. The van der Waals surface area contributed by atoms with Crippen molar-refractivity contribution in [3.05, 3.63) is 52.5 Å². The van der Waals surface area contributed by atoms with Crippen molar-refractivity contribution in [1.82, 2.24) is 14.8 Å².